The van der Waals surface area contributed by atoms with Crippen molar-refractivity contribution in [2.75, 3.05) is 19.6 Å². The van der Waals surface area contributed by atoms with E-state index in [0.29, 0.717) is 25.6 Å². The molecule has 0 aromatic carbocycles. The summed E-state index contributed by atoms with van der Waals surface area (Å²) in [4.78, 5) is 7.84. The molecular weight excluding hydrogens is 361 g/mol. The fourth-order valence-electron chi connectivity index (χ4n) is 2.64. The summed E-state index contributed by atoms with van der Waals surface area (Å²) in [7, 11) is 1.41. The molecule has 0 aliphatic rings. The first-order valence-electron chi connectivity index (χ1n) is 8.67. The van der Waals surface area contributed by atoms with Crippen molar-refractivity contribution in [1.29, 1.82) is 0 Å². The Balaban J connectivity index is 2.01. The summed E-state index contributed by atoms with van der Waals surface area (Å²) in [6, 6.07) is 3.82. The van der Waals surface area contributed by atoms with Crippen molar-refractivity contribution in [3.8, 4) is 0 Å². The molecule has 0 aliphatic carbocycles. The van der Waals surface area contributed by atoms with E-state index in [1.807, 2.05) is 36.0 Å². The van der Waals surface area contributed by atoms with Gasteiger partial charge in [0.25, 0.3) is 0 Å². The van der Waals surface area contributed by atoms with Gasteiger partial charge < -0.3 is 24.9 Å². The van der Waals surface area contributed by atoms with E-state index < -0.39 is 24.0 Å². The zero-order valence-electron chi connectivity index (χ0n) is 15.4. The highest BCUT2D eigenvalue weighted by Crippen LogP contribution is 2.40. The molecule has 10 heteroatoms. The lowest BCUT2D eigenvalue weighted by Gasteiger charge is -2.29. The third kappa shape index (κ3) is 5.25. The van der Waals surface area contributed by atoms with Crippen LogP contribution in [0.2, 0.25) is 0 Å². The fraction of sp³-hybridized carbons (Fsp3) is 0.529. The highest BCUT2D eigenvalue weighted by atomic mass is 19.4. The molecule has 2 rings (SSSR count). The predicted octanol–water partition coefficient (Wildman–Crippen LogP) is 1.62. The highest BCUT2D eigenvalue weighted by Gasteiger charge is 2.57. The van der Waals surface area contributed by atoms with Gasteiger partial charge in [0.15, 0.2) is 5.96 Å². The maximum Gasteiger partial charge on any atom is 0.424 e. The summed E-state index contributed by atoms with van der Waals surface area (Å²) in [5, 5.41) is 16.4. The number of aromatic nitrogens is 3. The van der Waals surface area contributed by atoms with Crippen molar-refractivity contribution in [1.82, 2.24) is 24.8 Å². The van der Waals surface area contributed by atoms with E-state index in [1.165, 1.54) is 19.4 Å². The van der Waals surface area contributed by atoms with Gasteiger partial charge in [0, 0.05) is 64.4 Å². The Morgan fingerprint density at radius 1 is 1.22 bits per heavy atom. The molecule has 3 N–H and O–H groups in total. The zero-order valence-corrected chi connectivity index (χ0v) is 15.4. The van der Waals surface area contributed by atoms with E-state index in [1.54, 1.807) is 0 Å². The second-order valence-electron chi connectivity index (χ2n) is 6.08. The molecule has 1 atom stereocenters. The highest BCUT2D eigenvalue weighted by molar-refractivity contribution is 5.79. The lowest BCUT2D eigenvalue weighted by atomic mass is 9.98. The normalized spacial score (nSPS) is 14.8. The first-order chi connectivity index (χ1) is 12.8. The largest absolute Gasteiger partial charge is 0.424 e. The molecule has 0 radical (unpaired) electrons. The molecule has 0 saturated heterocycles. The third-order valence-corrected chi connectivity index (χ3v) is 4.08. The Labute approximate surface area is 155 Å². The molecule has 0 amide bonds. The Morgan fingerprint density at radius 3 is 2.48 bits per heavy atom. The molecule has 0 saturated carbocycles. The minimum absolute atomic E-state index is 0.221. The monoisotopic (exact) mass is 386 g/mol. The Morgan fingerprint density at radius 2 is 1.93 bits per heavy atom. The van der Waals surface area contributed by atoms with Gasteiger partial charge in [0.1, 0.15) is 5.82 Å². The van der Waals surface area contributed by atoms with Crippen LogP contribution in [-0.2, 0) is 19.2 Å². The molecule has 2 heterocycles. The smallest absolute Gasteiger partial charge is 0.374 e. The summed E-state index contributed by atoms with van der Waals surface area (Å²) in [5.41, 5.74) is -3.06. The topological polar surface area (TPSA) is 79.4 Å². The molecule has 0 bridgehead atoms. The summed E-state index contributed by atoms with van der Waals surface area (Å²) in [6.07, 6.45) is 0.936. The fourth-order valence-corrected chi connectivity index (χ4v) is 2.64. The summed E-state index contributed by atoms with van der Waals surface area (Å²) >= 11 is 0. The maximum atomic E-state index is 13.5. The number of alkyl halides is 3. The van der Waals surface area contributed by atoms with Crippen molar-refractivity contribution in [2.45, 2.75) is 31.7 Å². The van der Waals surface area contributed by atoms with Gasteiger partial charge in [-0.25, -0.2) is 4.98 Å². The van der Waals surface area contributed by atoms with Crippen LogP contribution in [0.5, 0.6) is 0 Å². The van der Waals surface area contributed by atoms with Crippen LogP contribution in [0.4, 0.5) is 13.2 Å². The van der Waals surface area contributed by atoms with E-state index in [2.05, 4.69) is 20.6 Å². The van der Waals surface area contributed by atoms with Crippen LogP contribution in [0.1, 0.15) is 19.2 Å². The third-order valence-electron chi connectivity index (χ3n) is 4.08. The lowest BCUT2D eigenvalue weighted by molar-refractivity contribution is -0.272. The maximum absolute atomic E-state index is 13.5. The Kier molecular flexibility index (Phi) is 6.89. The molecular formula is C17H25F3N6O. The second-order valence-corrected chi connectivity index (χ2v) is 6.08. The van der Waals surface area contributed by atoms with Gasteiger partial charge in [-0.3, -0.25) is 4.99 Å². The van der Waals surface area contributed by atoms with Crippen molar-refractivity contribution >= 4 is 5.96 Å². The van der Waals surface area contributed by atoms with Gasteiger partial charge in [-0.05, 0) is 19.1 Å². The van der Waals surface area contributed by atoms with Crippen LogP contribution < -0.4 is 10.6 Å². The number of hydrogen-bond acceptors (Lipinski definition) is 3. The molecule has 2 aromatic rings. The number of aliphatic imine (C=N–C) groups is 1. The second kappa shape index (κ2) is 8.94. The number of halogens is 3. The Bertz CT molecular complexity index is 725. The van der Waals surface area contributed by atoms with Gasteiger partial charge in [0.2, 0.25) is 5.60 Å². The van der Waals surface area contributed by atoms with Crippen LogP contribution in [0, 0.1) is 0 Å². The SMILES string of the molecule is CCNC(=NCCC(O)(c1nccn1C)C(F)(F)F)NCCn1cccc1. The van der Waals surface area contributed by atoms with E-state index in [-0.39, 0.29) is 6.54 Å². The number of rotatable bonds is 8. The number of nitrogens with one attached hydrogen (secondary N) is 2. The van der Waals surface area contributed by atoms with Crippen LogP contribution in [0.25, 0.3) is 0 Å². The number of imidazole rings is 1. The number of aryl methyl sites for hydroxylation is 1. The lowest BCUT2D eigenvalue weighted by Crippen LogP contribution is -2.45. The predicted molar refractivity (Wildman–Crippen MR) is 96.2 cm³/mol. The van der Waals surface area contributed by atoms with Gasteiger partial charge in [-0.2, -0.15) is 13.2 Å². The van der Waals surface area contributed by atoms with Crippen LogP contribution in [0.15, 0.2) is 41.9 Å². The van der Waals surface area contributed by atoms with Crippen molar-refractivity contribution in [3.05, 3.63) is 42.7 Å². The summed E-state index contributed by atoms with van der Waals surface area (Å²) in [6.45, 7) is 3.46. The van der Waals surface area contributed by atoms with Gasteiger partial charge in [-0.15, -0.1) is 0 Å². The van der Waals surface area contributed by atoms with Crippen molar-refractivity contribution < 1.29 is 18.3 Å². The first-order valence-corrected chi connectivity index (χ1v) is 8.67. The Hall–Kier alpha value is -2.49. The average Bonchev–Trinajstić information content (AvgIpc) is 3.25. The molecule has 150 valence electrons. The molecule has 1 unspecified atom stereocenters. The van der Waals surface area contributed by atoms with Gasteiger partial charge >= 0.3 is 6.18 Å². The molecule has 0 aliphatic heterocycles. The van der Waals surface area contributed by atoms with E-state index in [4.69, 9.17) is 0 Å². The average molecular weight is 386 g/mol. The molecule has 7 nitrogen and oxygen atoms in total. The zero-order chi connectivity index (χ0) is 19.9. The molecule has 27 heavy (non-hydrogen) atoms. The van der Waals surface area contributed by atoms with Crippen molar-refractivity contribution in [3.63, 3.8) is 0 Å². The molecule has 0 fully saturated rings. The van der Waals surface area contributed by atoms with Crippen LogP contribution >= 0.6 is 0 Å². The van der Waals surface area contributed by atoms with E-state index in [0.717, 1.165) is 4.57 Å². The van der Waals surface area contributed by atoms with E-state index in [9.17, 15) is 18.3 Å². The summed E-state index contributed by atoms with van der Waals surface area (Å²) < 4.78 is 43.6. The van der Waals surface area contributed by atoms with Crippen LogP contribution in [0.3, 0.4) is 0 Å². The van der Waals surface area contributed by atoms with Gasteiger partial charge in [-0.1, -0.05) is 0 Å². The molecule has 2 aromatic heterocycles. The minimum Gasteiger partial charge on any atom is -0.374 e. The van der Waals surface area contributed by atoms with Crippen LogP contribution in [-0.4, -0.2) is 51.0 Å². The van der Waals surface area contributed by atoms with Gasteiger partial charge in [0.05, 0.1) is 0 Å². The van der Waals surface area contributed by atoms with E-state index >= 15 is 0 Å². The van der Waals surface area contributed by atoms with Crippen molar-refractivity contribution in [2.24, 2.45) is 12.0 Å². The number of guanidine groups is 1. The first kappa shape index (κ1) is 20.8. The minimum atomic E-state index is -4.86. The molecule has 0 spiro atoms. The number of hydrogen-bond donors (Lipinski definition) is 3. The number of nitrogens with zero attached hydrogens (tertiary/aromatic N) is 4. The quantitative estimate of drug-likeness (QED) is 0.476. The number of aliphatic hydroxyl groups is 1. The summed E-state index contributed by atoms with van der Waals surface area (Å²) in [5.74, 6) is -0.0511. The standard InChI is InChI=1S/C17H25F3N6O/c1-3-21-15(24-9-13-26-10-4-5-11-26)23-7-6-16(27,17(18,19)20)14-22-8-12-25(14)2/h4-5,8,10-12,27H,3,6-7,9,13H2,1-2H3,(H2,21,23,24).